The highest BCUT2D eigenvalue weighted by Gasteiger charge is 2.31. The third-order valence-electron chi connectivity index (χ3n) is 3.35. The lowest BCUT2D eigenvalue weighted by atomic mass is 9.92. The molecule has 0 aromatic heterocycles. The van der Waals surface area contributed by atoms with Gasteiger partial charge in [-0.25, -0.2) is 0 Å². The molecule has 0 spiro atoms. The topological polar surface area (TPSA) is 75.8 Å². The zero-order valence-corrected chi connectivity index (χ0v) is 11.4. The molecule has 0 saturated carbocycles. The van der Waals surface area contributed by atoms with Crippen LogP contribution in [0.25, 0.3) is 0 Å². The molecule has 3 N–H and O–H groups in total. The molecule has 2 unspecified atom stereocenters. The summed E-state index contributed by atoms with van der Waals surface area (Å²) in [5, 5.41) is 9.03. The summed E-state index contributed by atoms with van der Waals surface area (Å²) in [5.74, 6) is -0.910. The van der Waals surface area contributed by atoms with Crippen molar-refractivity contribution >= 4 is 5.97 Å². The van der Waals surface area contributed by atoms with Crippen molar-refractivity contribution in [2.45, 2.75) is 44.7 Å². The van der Waals surface area contributed by atoms with Crippen molar-refractivity contribution in [1.82, 2.24) is 4.90 Å². The molecule has 0 aliphatic rings. The highest BCUT2D eigenvalue weighted by molar-refractivity contribution is 5.78. The van der Waals surface area contributed by atoms with E-state index >= 15 is 0 Å². The van der Waals surface area contributed by atoms with Crippen LogP contribution >= 0.6 is 0 Å². The predicted octanol–water partition coefficient (Wildman–Crippen LogP) is 0.925. The smallest absolute Gasteiger partial charge is 0.323 e. The van der Waals surface area contributed by atoms with Gasteiger partial charge in [-0.1, -0.05) is 6.92 Å². The van der Waals surface area contributed by atoms with E-state index in [4.69, 9.17) is 15.6 Å². The summed E-state index contributed by atoms with van der Waals surface area (Å²) in [7, 11) is 3.69. The number of carboxylic acids is 1. The molecule has 0 amide bonds. The van der Waals surface area contributed by atoms with Gasteiger partial charge in [-0.15, -0.1) is 0 Å². The molecule has 0 bridgehead atoms. The maximum Gasteiger partial charge on any atom is 0.323 e. The minimum absolute atomic E-state index is 0.332. The number of carboxylic acid groups (broad SMARTS) is 1. The van der Waals surface area contributed by atoms with E-state index in [9.17, 15) is 4.79 Å². The van der Waals surface area contributed by atoms with E-state index in [1.165, 1.54) is 0 Å². The van der Waals surface area contributed by atoms with E-state index < -0.39 is 11.5 Å². The summed E-state index contributed by atoms with van der Waals surface area (Å²) < 4.78 is 5.07. The fraction of sp³-hybridized carbons (Fsp3) is 0.917. The zero-order valence-electron chi connectivity index (χ0n) is 11.4. The quantitative estimate of drug-likeness (QED) is 0.633. The minimum atomic E-state index is -1.08. The minimum Gasteiger partial charge on any atom is -0.480 e. The summed E-state index contributed by atoms with van der Waals surface area (Å²) in [6.45, 7) is 5.40. The molecule has 0 heterocycles. The van der Waals surface area contributed by atoms with E-state index in [1.807, 2.05) is 14.0 Å². The molecule has 0 saturated heterocycles. The van der Waals surface area contributed by atoms with Crippen molar-refractivity contribution in [2.75, 3.05) is 27.3 Å². The zero-order chi connectivity index (χ0) is 13.5. The standard InChI is InChI=1S/C12H26N2O3/c1-5-12(13,11(15)16)7-6-8-14(3)10(2)9-17-4/h10H,5-9,13H2,1-4H3,(H,15,16). The van der Waals surface area contributed by atoms with Gasteiger partial charge >= 0.3 is 5.97 Å². The van der Waals surface area contributed by atoms with Gasteiger partial charge in [-0.3, -0.25) is 4.79 Å². The van der Waals surface area contributed by atoms with Gasteiger partial charge in [0.2, 0.25) is 0 Å². The van der Waals surface area contributed by atoms with Crippen LogP contribution in [0.4, 0.5) is 0 Å². The Hall–Kier alpha value is -0.650. The van der Waals surface area contributed by atoms with Gasteiger partial charge in [-0.2, -0.15) is 0 Å². The SMILES string of the molecule is CCC(N)(CCCN(C)C(C)COC)C(=O)O. The predicted molar refractivity (Wildman–Crippen MR) is 68.0 cm³/mol. The Bertz CT molecular complexity index is 236. The molecule has 0 aliphatic carbocycles. The van der Waals surface area contributed by atoms with Crippen LogP contribution in [0.5, 0.6) is 0 Å². The lowest BCUT2D eigenvalue weighted by Crippen LogP contribution is -2.48. The maximum atomic E-state index is 11.0. The Kier molecular flexibility index (Phi) is 7.34. The largest absolute Gasteiger partial charge is 0.480 e. The number of methoxy groups -OCH3 is 1. The fourth-order valence-electron chi connectivity index (χ4n) is 1.67. The fourth-order valence-corrected chi connectivity index (χ4v) is 1.67. The Morgan fingerprint density at radius 3 is 2.59 bits per heavy atom. The molecule has 2 atom stereocenters. The van der Waals surface area contributed by atoms with Crippen LogP contribution in [0, 0.1) is 0 Å². The van der Waals surface area contributed by atoms with Crippen LogP contribution in [0.2, 0.25) is 0 Å². The van der Waals surface area contributed by atoms with E-state index in [0.717, 1.165) is 13.0 Å². The van der Waals surface area contributed by atoms with Gasteiger partial charge in [0.15, 0.2) is 0 Å². The monoisotopic (exact) mass is 246 g/mol. The molecule has 5 heteroatoms. The highest BCUT2D eigenvalue weighted by Crippen LogP contribution is 2.15. The van der Waals surface area contributed by atoms with Gasteiger partial charge in [0, 0.05) is 13.2 Å². The second-order valence-corrected chi connectivity index (χ2v) is 4.70. The number of carbonyl (C=O) groups is 1. The first-order valence-corrected chi connectivity index (χ1v) is 6.08. The number of hydrogen-bond donors (Lipinski definition) is 2. The number of aliphatic carboxylic acids is 1. The van der Waals surface area contributed by atoms with Crippen LogP contribution in [0.15, 0.2) is 0 Å². The first-order chi connectivity index (χ1) is 7.87. The van der Waals surface area contributed by atoms with Crippen molar-refractivity contribution < 1.29 is 14.6 Å². The average Bonchev–Trinajstić information content (AvgIpc) is 2.28. The normalized spacial score (nSPS) is 16.8. The number of ether oxygens (including phenoxy) is 1. The van der Waals surface area contributed by atoms with Crippen LogP contribution in [-0.2, 0) is 9.53 Å². The highest BCUT2D eigenvalue weighted by atomic mass is 16.5. The van der Waals surface area contributed by atoms with Crippen molar-refractivity contribution in [1.29, 1.82) is 0 Å². The lowest BCUT2D eigenvalue weighted by molar-refractivity contribution is -0.143. The molecule has 0 aromatic carbocycles. The molecule has 0 aromatic rings. The van der Waals surface area contributed by atoms with Crippen molar-refractivity contribution in [2.24, 2.45) is 5.73 Å². The second-order valence-electron chi connectivity index (χ2n) is 4.70. The van der Waals surface area contributed by atoms with Gasteiger partial charge in [-0.05, 0) is 39.8 Å². The molecule has 0 rings (SSSR count). The Balaban J connectivity index is 4.01. The number of rotatable bonds is 9. The van der Waals surface area contributed by atoms with Crippen LogP contribution in [0.3, 0.4) is 0 Å². The van der Waals surface area contributed by atoms with E-state index in [-0.39, 0.29) is 0 Å². The van der Waals surface area contributed by atoms with Crippen molar-refractivity contribution in [3.8, 4) is 0 Å². The molecule has 5 nitrogen and oxygen atoms in total. The summed E-state index contributed by atoms with van der Waals surface area (Å²) in [6, 6.07) is 0.332. The number of hydrogen-bond acceptors (Lipinski definition) is 4. The molecular formula is C12H26N2O3. The number of nitrogens with two attached hydrogens (primary N) is 1. The van der Waals surface area contributed by atoms with E-state index in [0.29, 0.717) is 25.5 Å². The van der Waals surface area contributed by atoms with Crippen LogP contribution < -0.4 is 5.73 Å². The molecule has 0 fully saturated rings. The molecular weight excluding hydrogens is 220 g/mol. The van der Waals surface area contributed by atoms with Gasteiger partial charge in [0.25, 0.3) is 0 Å². The first-order valence-electron chi connectivity index (χ1n) is 6.08. The first kappa shape index (κ1) is 16.4. The maximum absolute atomic E-state index is 11.0. The van der Waals surface area contributed by atoms with Gasteiger partial charge in [0.1, 0.15) is 5.54 Å². The third-order valence-corrected chi connectivity index (χ3v) is 3.35. The van der Waals surface area contributed by atoms with Crippen LogP contribution in [0.1, 0.15) is 33.1 Å². The van der Waals surface area contributed by atoms with Gasteiger partial charge in [0.05, 0.1) is 6.61 Å². The van der Waals surface area contributed by atoms with E-state index in [2.05, 4.69) is 11.8 Å². The second kappa shape index (κ2) is 7.63. The lowest BCUT2D eigenvalue weighted by Gasteiger charge is -2.27. The van der Waals surface area contributed by atoms with E-state index in [1.54, 1.807) is 7.11 Å². The third kappa shape index (κ3) is 5.48. The Labute approximate surface area is 104 Å². The summed E-state index contributed by atoms with van der Waals surface area (Å²) in [5.41, 5.74) is 4.74. The summed E-state index contributed by atoms with van der Waals surface area (Å²) in [6.07, 6.45) is 1.74. The molecule has 0 aliphatic heterocycles. The Morgan fingerprint density at radius 2 is 2.18 bits per heavy atom. The van der Waals surface area contributed by atoms with Crippen molar-refractivity contribution in [3.63, 3.8) is 0 Å². The summed E-state index contributed by atoms with van der Waals surface area (Å²) >= 11 is 0. The van der Waals surface area contributed by atoms with Crippen molar-refractivity contribution in [3.05, 3.63) is 0 Å². The average molecular weight is 246 g/mol. The molecule has 17 heavy (non-hydrogen) atoms. The molecule has 0 radical (unpaired) electrons. The van der Waals surface area contributed by atoms with Crippen LogP contribution in [-0.4, -0.2) is 54.9 Å². The Morgan fingerprint density at radius 1 is 1.59 bits per heavy atom. The molecule has 102 valence electrons. The van der Waals surface area contributed by atoms with Gasteiger partial charge < -0.3 is 20.5 Å². The number of nitrogens with zero attached hydrogens (tertiary/aromatic N) is 1. The number of likely N-dealkylation sites (N-methyl/N-ethyl adjacent to an activating group) is 1. The summed E-state index contributed by atoms with van der Waals surface area (Å²) in [4.78, 5) is 13.2.